The van der Waals surface area contributed by atoms with E-state index in [2.05, 4.69) is 4.90 Å². The Morgan fingerprint density at radius 3 is 2.39 bits per heavy atom. The van der Waals surface area contributed by atoms with Crippen LogP contribution >= 0.6 is 11.8 Å². The van der Waals surface area contributed by atoms with Gasteiger partial charge in [-0.05, 0) is 48.4 Å². The molecule has 41 heavy (non-hydrogen) atoms. The minimum Gasteiger partial charge on any atom is -0.493 e. The quantitative estimate of drug-likeness (QED) is 0.251. The predicted molar refractivity (Wildman–Crippen MR) is 158 cm³/mol. The van der Waals surface area contributed by atoms with Crippen LogP contribution in [-0.2, 0) is 27.3 Å². The van der Waals surface area contributed by atoms with E-state index in [-0.39, 0.29) is 24.1 Å². The van der Waals surface area contributed by atoms with Gasteiger partial charge in [0.1, 0.15) is 5.76 Å². The molecule has 1 aromatic heterocycles. The number of morpholine rings is 1. The fraction of sp³-hybridized carbons (Fsp3) is 0.419. The molecule has 3 aromatic rings. The highest BCUT2D eigenvalue weighted by Gasteiger charge is 2.23. The van der Waals surface area contributed by atoms with Gasteiger partial charge in [-0.25, -0.2) is 0 Å². The van der Waals surface area contributed by atoms with Crippen LogP contribution in [0.25, 0.3) is 0 Å². The number of furan rings is 1. The second-order valence-electron chi connectivity index (χ2n) is 9.71. The number of hydrogen-bond acceptors (Lipinski definition) is 8. The van der Waals surface area contributed by atoms with E-state index in [0.717, 1.165) is 23.5 Å². The van der Waals surface area contributed by atoms with E-state index in [1.54, 1.807) is 30.3 Å². The Kier molecular flexibility index (Phi) is 12.0. The molecule has 4 rings (SSSR count). The van der Waals surface area contributed by atoms with Gasteiger partial charge in [-0.2, -0.15) is 0 Å². The van der Waals surface area contributed by atoms with Crippen LogP contribution in [0.2, 0.25) is 0 Å². The van der Waals surface area contributed by atoms with Crippen molar-refractivity contribution in [2.24, 2.45) is 0 Å². The first-order chi connectivity index (χ1) is 20.1. The number of rotatable bonds is 15. The van der Waals surface area contributed by atoms with Crippen molar-refractivity contribution in [2.45, 2.75) is 17.9 Å². The minimum absolute atomic E-state index is 0.00512. The van der Waals surface area contributed by atoms with Crippen molar-refractivity contribution in [2.75, 3.05) is 72.5 Å². The van der Waals surface area contributed by atoms with E-state index >= 15 is 0 Å². The van der Waals surface area contributed by atoms with Gasteiger partial charge in [-0.3, -0.25) is 14.5 Å². The molecule has 220 valence electrons. The highest BCUT2D eigenvalue weighted by Crippen LogP contribution is 2.28. The summed E-state index contributed by atoms with van der Waals surface area (Å²) >= 11 is 1.48. The number of methoxy groups -OCH3 is 2. The summed E-state index contributed by atoms with van der Waals surface area (Å²) in [6.45, 7) is 4.98. The number of thioether (sulfide) groups is 1. The Bertz CT molecular complexity index is 1220. The topological polar surface area (TPSA) is 84.7 Å². The highest BCUT2D eigenvalue weighted by atomic mass is 32.2. The second-order valence-corrected chi connectivity index (χ2v) is 10.8. The number of carbonyl (C=O) groups excluding carboxylic acids is 2. The SMILES string of the molecule is COc1ccc(CCN(Cc2ccco2)C(=O)CN(CCN2CCOCC2)C(=O)CSc2ccccc2)cc1OC. The molecule has 10 heteroatoms. The summed E-state index contributed by atoms with van der Waals surface area (Å²) in [7, 11) is 3.21. The largest absolute Gasteiger partial charge is 0.493 e. The first-order valence-corrected chi connectivity index (χ1v) is 14.8. The molecule has 1 aliphatic rings. The Balaban J connectivity index is 1.44. The van der Waals surface area contributed by atoms with Crippen LogP contribution in [0.15, 0.2) is 76.2 Å². The van der Waals surface area contributed by atoms with E-state index in [4.69, 9.17) is 18.6 Å². The van der Waals surface area contributed by atoms with Crippen molar-refractivity contribution < 1.29 is 28.2 Å². The third-order valence-electron chi connectivity index (χ3n) is 6.97. The summed E-state index contributed by atoms with van der Waals surface area (Å²) in [5.74, 6) is 2.08. The van der Waals surface area contributed by atoms with Gasteiger partial charge in [-0.1, -0.05) is 24.3 Å². The molecule has 1 aliphatic heterocycles. The second kappa shape index (κ2) is 16.1. The smallest absolute Gasteiger partial charge is 0.242 e. The van der Waals surface area contributed by atoms with Crippen molar-refractivity contribution >= 4 is 23.6 Å². The number of hydrogen-bond donors (Lipinski definition) is 0. The maximum absolute atomic E-state index is 13.8. The maximum Gasteiger partial charge on any atom is 0.242 e. The zero-order valence-electron chi connectivity index (χ0n) is 23.8. The van der Waals surface area contributed by atoms with E-state index < -0.39 is 0 Å². The molecule has 2 amide bonds. The monoisotopic (exact) mass is 581 g/mol. The average Bonchev–Trinajstić information content (AvgIpc) is 3.54. The molecule has 9 nitrogen and oxygen atoms in total. The van der Waals surface area contributed by atoms with E-state index in [1.165, 1.54) is 11.8 Å². The van der Waals surface area contributed by atoms with Crippen molar-refractivity contribution in [1.82, 2.24) is 14.7 Å². The van der Waals surface area contributed by atoms with Crippen LogP contribution in [0.5, 0.6) is 11.5 Å². The third-order valence-corrected chi connectivity index (χ3v) is 7.97. The first-order valence-electron chi connectivity index (χ1n) is 13.8. The fourth-order valence-corrected chi connectivity index (χ4v) is 5.40. The van der Waals surface area contributed by atoms with Crippen molar-refractivity contribution in [3.05, 3.63) is 78.3 Å². The van der Waals surface area contributed by atoms with Crippen LogP contribution in [0.4, 0.5) is 0 Å². The lowest BCUT2D eigenvalue weighted by atomic mass is 10.1. The summed E-state index contributed by atoms with van der Waals surface area (Å²) in [4.78, 5) is 33.9. The predicted octanol–water partition coefficient (Wildman–Crippen LogP) is 3.82. The lowest BCUT2D eigenvalue weighted by Crippen LogP contribution is -2.47. The summed E-state index contributed by atoms with van der Waals surface area (Å²) in [6, 6.07) is 19.3. The molecule has 0 aliphatic carbocycles. The summed E-state index contributed by atoms with van der Waals surface area (Å²) < 4.78 is 21.8. The normalized spacial score (nSPS) is 13.5. The fourth-order valence-electron chi connectivity index (χ4n) is 4.58. The Morgan fingerprint density at radius 1 is 0.902 bits per heavy atom. The van der Waals surface area contributed by atoms with Crippen molar-refractivity contribution in [3.63, 3.8) is 0 Å². The number of benzene rings is 2. The van der Waals surface area contributed by atoms with Gasteiger partial charge in [0.25, 0.3) is 0 Å². The number of carbonyl (C=O) groups is 2. The molecule has 0 atom stereocenters. The molecule has 2 heterocycles. The van der Waals surface area contributed by atoms with Gasteiger partial charge >= 0.3 is 0 Å². The molecule has 0 bridgehead atoms. The van der Waals surface area contributed by atoms with E-state index in [9.17, 15) is 9.59 Å². The number of nitrogens with zero attached hydrogens (tertiary/aromatic N) is 3. The third kappa shape index (κ3) is 9.55. The maximum atomic E-state index is 13.8. The molecule has 0 unspecified atom stereocenters. The van der Waals surface area contributed by atoms with Gasteiger partial charge in [0.2, 0.25) is 11.8 Å². The lowest BCUT2D eigenvalue weighted by Gasteiger charge is -2.31. The van der Waals surface area contributed by atoms with Crippen LogP contribution in [-0.4, -0.2) is 99.0 Å². The molecule has 1 fully saturated rings. The van der Waals surface area contributed by atoms with E-state index in [0.29, 0.717) is 63.1 Å². The van der Waals surface area contributed by atoms with Gasteiger partial charge in [0, 0.05) is 37.6 Å². The van der Waals surface area contributed by atoms with Crippen LogP contribution in [0.1, 0.15) is 11.3 Å². The van der Waals surface area contributed by atoms with Gasteiger partial charge in [0.05, 0.1) is 52.5 Å². The first kappa shape index (κ1) is 30.5. The molecule has 2 aromatic carbocycles. The summed E-state index contributed by atoms with van der Waals surface area (Å²) in [5.41, 5.74) is 1.01. The Labute approximate surface area is 246 Å². The standard InChI is InChI=1S/C31H39N3O6S/c1-37-28-11-10-25(21-29(28)38-2)12-13-33(22-26-7-6-18-40-26)30(35)23-34(15-14-32-16-19-39-20-17-32)31(36)24-41-27-8-4-3-5-9-27/h3-11,18,21H,12-17,19-20,22-24H2,1-2H3. The molecule has 0 saturated carbocycles. The van der Waals surface area contributed by atoms with Gasteiger partial charge in [-0.15, -0.1) is 11.8 Å². The van der Waals surface area contributed by atoms with Crippen LogP contribution in [0, 0.1) is 0 Å². The molecular weight excluding hydrogens is 542 g/mol. The van der Waals surface area contributed by atoms with Crippen LogP contribution in [0.3, 0.4) is 0 Å². The minimum atomic E-state index is -0.123. The Hall–Kier alpha value is -3.47. The van der Waals surface area contributed by atoms with Crippen molar-refractivity contribution in [3.8, 4) is 11.5 Å². The summed E-state index contributed by atoms with van der Waals surface area (Å²) in [5, 5.41) is 0. The average molecular weight is 582 g/mol. The summed E-state index contributed by atoms with van der Waals surface area (Å²) in [6.07, 6.45) is 2.21. The Morgan fingerprint density at radius 2 is 1.68 bits per heavy atom. The molecule has 1 saturated heterocycles. The number of ether oxygens (including phenoxy) is 3. The zero-order valence-corrected chi connectivity index (χ0v) is 24.6. The van der Waals surface area contributed by atoms with Gasteiger partial charge < -0.3 is 28.4 Å². The highest BCUT2D eigenvalue weighted by molar-refractivity contribution is 8.00. The van der Waals surface area contributed by atoms with Gasteiger partial charge in [0.15, 0.2) is 11.5 Å². The van der Waals surface area contributed by atoms with Crippen LogP contribution < -0.4 is 9.47 Å². The molecule has 0 N–H and O–H groups in total. The van der Waals surface area contributed by atoms with E-state index in [1.807, 2.05) is 60.7 Å². The lowest BCUT2D eigenvalue weighted by molar-refractivity contribution is -0.140. The van der Waals surface area contributed by atoms with Crippen molar-refractivity contribution in [1.29, 1.82) is 0 Å². The molecule has 0 radical (unpaired) electrons. The molecule has 0 spiro atoms. The number of amides is 2. The molecular formula is C31H39N3O6S. The zero-order chi connectivity index (χ0) is 28.9.